The van der Waals surface area contributed by atoms with E-state index in [9.17, 15) is 13.2 Å². The molecule has 0 aliphatic carbocycles. The molecule has 1 aliphatic heterocycles. The molecule has 0 radical (unpaired) electrons. The number of nitrogens with one attached hydrogen (secondary N) is 1. The van der Waals surface area contributed by atoms with Gasteiger partial charge in [-0.1, -0.05) is 24.3 Å². The molecule has 28 heavy (non-hydrogen) atoms. The normalized spacial score (nSPS) is 13.8. The zero-order valence-corrected chi connectivity index (χ0v) is 16.9. The van der Waals surface area contributed by atoms with Crippen molar-refractivity contribution in [1.82, 2.24) is 5.32 Å². The van der Waals surface area contributed by atoms with Gasteiger partial charge in [-0.05, 0) is 56.0 Å². The Bertz CT molecular complexity index is 928. The van der Waals surface area contributed by atoms with Crippen LogP contribution in [0.3, 0.4) is 0 Å². The average Bonchev–Trinajstić information content (AvgIpc) is 2.73. The molecule has 3 rings (SSSR count). The SMILES string of the molecule is CCOCCCNC(=O)c1cccc(S(=O)(=O)N2CCCc3ccccc32)c1. The van der Waals surface area contributed by atoms with Gasteiger partial charge in [0.1, 0.15) is 0 Å². The zero-order chi connectivity index (χ0) is 20.0. The van der Waals surface area contributed by atoms with E-state index in [1.54, 1.807) is 18.2 Å². The van der Waals surface area contributed by atoms with Gasteiger partial charge in [-0.15, -0.1) is 0 Å². The number of anilines is 1. The van der Waals surface area contributed by atoms with Gasteiger partial charge in [0.25, 0.3) is 15.9 Å². The Kier molecular flexibility index (Phi) is 6.70. The van der Waals surface area contributed by atoms with E-state index in [0.29, 0.717) is 38.3 Å². The lowest BCUT2D eigenvalue weighted by molar-refractivity contribution is 0.0944. The number of ether oxygens (including phenoxy) is 1. The minimum Gasteiger partial charge on any atom is -0.382 e. The van der Waals surface area contributed by atoms with E-state index >= 15 is 0 Å². The Morgan fingerprint density at radius 1 is 1.18 bits per heavy atom. The topological polar surface area (TPSA) is 75.7 Å². The molecule has 0 saturated heterocycles. The van der Waals surface area contributed by atoms with Crippen LogP contribution in [0.4, 0.5) is 5.69 Å². The second kappa shape index (κ2) is 9.21. The smallest absolute Gasteiger partial charge is 0.264 e. The van der Waals surface area contributed by atoms with Gasteiger partial charge in [0, 0.05) is 31.9 Å². The van der Waals surface area contributed by atoms with Crippen molar-refractivity contribution in [2.75, 3.05) is 30.6 Å². The molecular formula is C21H26N2O4S. The third-order valence-electron chi connectivity index (χ3n) is 4.71. The molecule has 1 aliphatic rings. The Labute approximate surface area is 166 Å². The highest BCUT2D eigenvalue weighted by atomic mass is 32.2. The summed E-state index contributed by atoms with van der Waals surface area (Å²) in [4.78, 5) is 12.5. The van der Waals surface area contributed by atoms with Crippen molar-refractivity contribution in [2.45, 2.75) is 31.1 Å². The average molecular weight is 403 g/mol. The number of hydrogen-bond acceptors (Lipinski definition) is 4. The lowest BCUT2D eigenvalue weighted by Gasteiger charge is -2.30. The van der Waals surface area contributed by atoms with Gasteiger partial charge in [-0.3, -0.25) is 9.10 Å². The van der Waals surface area contributed by atoms with Crippen LogP contribution in [0, 0.1) is 0 Å². The first-order chi connectivity index (χ1) is 13.5. The number of para-hydroxylation sites is 1. The number of nitrogens with zero attached hydrogens (tertiary/aromatic N) is 1. The van der Waals surface area contributed by atoms with Crippen LogP contribution in [0.5, 0.6) is 0 Å². The second-order valence-corrected chi connectivity index (χ2v) is 8.51. The van der Waals surface area contributed by atoms with Crippen LogP contribution in [0.15, 0.2) is 53.4 Å². The number of carbonyl (C=O) groups is 1. The molecule has 1 amide bonds. The van der Waals surface area contributed by atoms with Gasteiger partial charge in [-0.25, -0.2) is 8.42 Å². The van der Waals surface area contributed by atoms with Gasteiger partial charge in [0.05, 0.1) is 10.6 Å². The summed E-state index contributed by atoms with van der Waals surface area (Å²) in [5, 5.41) is 2.80. The van der Waals surface area contributed by atoms with Crippen molar-refractivity contribution >= 4 is 21.6 Å². The molecular weight excluding hydrogens is 376 g/mol. The fraction of sp³-hybridized carbons (Fsp3) is 0.381. The monoisotopic (exact) mass is 402 g/mol. The molecule has 1 N–H and O–H groups in total. The van der Waals surface area contributed by atoms with Crippen LogP contribution in [0.2, 0.25) is 0 Å². The third kappa shape index (κ3) is 4.54. The molecule has 150 valence electrons. The van der Waals surface area contributed by atoms with Crippen LogP contribution < -0.4 is 9.62 Å². The van der Waals surface area contributed by atoms with Crippen LogP contribution in [-0.2, 0) is 21.2 Å². The molecule has 0 fully saturated rings. The summed E-state index contributed by atoms with van der Waals surface area (Å²) >= 11 is 0. The summed E-state index contributed by atoms with van der Waals surface area (Å²) in [6, 6.07) is 13.8. The molecule has 2 aromatic rings. The maximum absolute atomic E-state index is 13.2. The van der Waals surface area contributed by atoms with Crippen molar-refractivity contribution < 1.29 is 17.9 Å². The Morgan fingerprint density at radius 2 is 2.00 bits per heavy atom. The number of amides is 1. The molecule has 6 nitrogen and oxygen atoms in total. The number of carbonyl (C=O) groups excluding carboxylic acids is 1. The van der Waals surface area contributed by atoms with Crippen LogP contribution in [0.1, 0.15) is 35.7 Å². The molecule has 2 aromatic carbocycles. The fourth-order valence-electron chi connectivity index (χ4n) is 3.30. The second-order valence-electron chi connectivity index (χ2n) is 6.64. The summed E-state index contributed by atoms with van der Waals surface area (Å²) in [7, 11) is -3.73. The highest BCUT2D eigenvalue weighted by molar-refractivity contribution is 7.92. The van der Waals surface area contributed by atoms with Gasteiger partial charge < -0.3 is 10.1 Å². The summed E-state index contributed by atoms with van der Waals surface area (Å²) in [6.07, 6.45) is 2.35. The zero-order valence-electron chi connectivity index (χ0n) is 16.1. The summed E-state index contributed by atoms with van der Waals surface area (Å²) in [6.45, 7) is 4.07. The number of aryl methyl sites for hydroxylation is 1. The lowest BCUT2D eigenvalue weighted by Crippen LogP contribution is -2.35. The third-order valence-corrected chi connectivity index (χ3v) is 6.52. The van der Waals surface area contributed by atoms with Gasteiger partial charge in [0.15, 0.2) is 0 Å². The number of rotatable bonds is 8. The molecule has 0 atom stereocenters. The Hall–Kier alpha value is -2.38. The fourth-order valence-corrected chi connectivity index (χ4v) is 4.88. The van der Waals surface area contributed by atoms with Crippen molar-refractivity contribution in [1.29, 1.82) is 0 Å². The van der Waals surface area contributed by atoms with E-state index in [1.165, 1.54) is 10.4 Å². The van der Waals surface area contributed by atoms with E-state index in [1.807, 2.05) is 31.2 Å². The van der Waals surface area contributed by atoms with E-state index in [4.69, 9.17) is 4.74 Å². The molecule has 1 heterocycles. The van der Waals surface area contributed by atoms with Crippen molar-refractivity contribution in [3.63, 3.8) is 0 Å². The van der Waals surface area contributed by atoms with Crippen molar-refractivity contribution in [2.24, 2.45) is 0 Å². The molecule has 0 bridgehead atoms. The Morgan fingerprint density at radius 3 is 2.82 bits per heavy atom. The predicted molar refractivity (Wildman–Crippen MR) is 109 cm³/mol. The molecule has 0 saturated carbocycles. The maximum Gasteiger partial charge on any atom is 0.264 e. The molecule has 0 aromatic heterocycles. The molecule has 7 heteroatoms. The van der Waals surface area contributed by atoms with E-state index in [2.05, 4.69) is 5.32 Å². The van der Waals surface area contributed by atoms with E-state index < -0.39 is 10.0 Å². The van der Waals surface area contributed by atoms with Crippen LogP contribution in [0.25, 0.3) is 0 Å². The van der Waals surface area contributed by atoms with Gasteiger partial charge >= 0.3 is 0 Å². The largest absolute Gasteiger partial charge is 0.382 e. The minimum atomic E-state index is -3.73. The summed E-state index contributed by atoms with van der Waals surface area (Å²) in [5.41, 5.74) is 2.09. The van der Waals surface area contributed by atoms with Crippen molar-refractivity contribution in [3.05, 3.63) is 59.7 Å². The maximum atomic E-state index is 13.2. The summed E-state index contributed by atoms with van der Waals surface area (Å²) in [5.74, 6) is -0.285. The van der Waals surface area contributed by atoms with Gasteiger partial charge in [-0.2, -0.15) is 0 Å². The summed E-state index contributed by atoms with van der Waals surface area (Å²) < 4.78 is 33.2. The number of hydrogen-bond donors (Lipinski definition) is 1. The Balaban J connectivity index is 1.77. The first kappa shape index (κ1) is 20.4. The highest BCUT2D eigenvalue weighted by Gasteiger charge is 2.29. The van der Waals surface area contributed by atoms with Crippen LogP contribution in [-0.4, -0.2) is 40.6 Å². The first-order valence-electron chi connectivity index (χ1n) is 9.60. The van der Waals surface area contributed by atoms with Crippen molar-refractivity contribution in [3.8, 4) is 0 Å². The standard InChI is InChI=1S/C21H26N2O4S/c1-2-27-15-7-13-22-21(24)18-9-5-11-19(16-18)28(25,26)23-14-6-10-17-8-3-4-12-20(17)23/h3-5,8-9,11-12,16H,2,6-7,10,13-15H2,1H3,(H,22,24). The first-order valence-corrected chi connectivity index (χ1v) is 11.0. The van der Waals surface area contributed by atoms with Crippen LogP contribution >= 0.6 is 0 Å². The minimum absolute atomic E-state index is 0.131. The van der Waals surface area contributed by atoms with E-state index in [-0.39, 0.29) is 10.8 Å². The number of benzene rings is 2. The molecule has 0 spiro atoms. The lowest BCUT2D eigenvalue weighted by atomic mass is 10.0. The predicted octanol–water partition coefficient (Wildman–Crippen LogP) is 2.98. The quantitative estimate of drug-likeness (QED) is 0.689. The van der Waals surface area contributed by atoms with Gasteiger partial charge in [0.2, 0.25) is 0 Å². The number of sulfonamides is 1. The van der Waals surface area contributed by atoms with E-state index in [0.717, 1.165) is 24.1 Å². The number of fused-ring (bicyclic) bond motifs is 1. The highest BCUT2D eigenvalue weighted by Crippen LogP contribution is 2.31. The molecule has 0 unspecified atom stereocenters.